The summed E-state index contributed by atoms with van der Waals surface area (Å²) in [6.45, 7) is -1.06. The maximum atomic E-state index is 12.2. The van der Waals surface area contributed by atoms with Crippen LogP contribution in [0, 0.1) is 0 Å². The van der Waals surface area contributed by atoms with E-state index < -0.39 is 73.5 Å². The predicted molar refractivity (Wildman–Crippen MR) is 90.9 cm³/mol. The molecule has 0 radical (unpaired) electrons. The summed E-state index contributed by atoms with van der Waals surface area (Å²) in [6, 6.07) is -5.28. The average Bonchev–Trinajstić information content (AvgIpc) is 3.17. The second-order valence-electron chi connectivity index (χ2n) is 6.13. The van der Waals surface area contributed by atoms with Crippen molar-refractivity contribution < 1.29 is 44.4 Å². The van der Waals surface area contributed by atoms with Gasteiger partial charge in [0.2, 0.25) is 17.7 Å². The topological polar surface area (TPSA) is 214 Å². The molecule has 1 aliphatic rings. The summed E-state index contributed by atoms with van der Waals surface area (Å²) in [6.07, 6.45) is 0.437. The molecule has 0 aromatic carbocycles. The zero-order valence-electron chi connectivity index (χ0n) is 14.9. The summed E-state index contributed by atoms with van der Waals surface area (Å²) in [7, 11) is 0. The van der Waals surface area contributed by atoms with Gasteiger partial charge in [-0.1, -0.05) is 0 Å². The van der Waals surface area contributed by atoms with E-state index in [-0.39, 0.29) is 0 Å². The minimum atomic E-state index is -1.77. The van der Waals surface area contributed by atoms with Gasteiger partial charge in [-0.3, -0.25) is 19.2 Å². The molecule has 1 aliphatic heterocycles. The van der Waals surface area contributed by atoms with Crippen molar-refractivity contribution in [3.63, 3.8) is 0 Å². The molecule has 28 heavy (non-hydrogen) atoms. The van der Waals surface area contributed by atoms with Crippen LogP contribution in [0.2, 0.25) is 0 Å². The molecule has 0 aliphatic carbocycles. The van der Waals surface area contributed by atoms with Gasteiger partial charge in [0.15, 0.2) is 0 Å². The molecule has 13 heteroatoms. The lowest BCUT2D eigenvalue weighted by atomic mass is 10.1. The summed E-state index contributed by atoms with van der Waals surface area (Å²) in [5.74, 6) is -5.70. The summed E-state index contributed by atoms with van der Waals surface area (Å²) < 4.78 is 0. The second kappa shape index (κ2) is 11.2. The van der Waals surface area contributed by atoms with E-state index in [9.17, 15) is 34.2 Å². The van der Waals surface area contributed by atoms with E-state index >= 15 is 0 Å². The Kier molecular flexibility index (Phi) is 9.27. The van der Waals surface area contributed by atoms with Crippen LogP contribution in [-0.4, -0.2) is 94.0 Å². The maximum absolute atomic E-state index is 12.2. The molecule has 1 heterocycles. The molecule has 0 spiro atoms. The summed E-state index contributed by atoms with van der Waals surface area (Å²) in [5.41, 5.74) is 0. The van der Waals surface area contributed by atoms with Crippen molar-refractivity contribution in [2.75, 3.05) is 19.8 Å². The molecule has 1 fully saturated rings. The summed E-state index contributed by atoms with van der Waals surface area (Å²) >= 11 is 0. The number of aliphatic hydroxyl groups excluding tert-OH is 2. The van der Waals surface area contributed by atoms with Crippen molar-refractivity contribution in [2.45, 2.75) is 43.4 Å². The Hall–Kier alpha value is -2.77. The molecule has 0 aromatic heterocycles. The molecule has 0 bridgehead atoms. The molecule has 158 valence electrons. The van der Waals surface area contributed by atoms with E-state index in [1.54, 1.807) is 0 Å². The minimum Gasteiger partial charge on any atom is -0.481 e. The molecule has 3 amide bonds. The van der Waals surface area contributed by atoms with Gasteiger partial charge in [0.1, 0.15) is 18.1 Å². The van der Waals surface area contributed by atoms with Crippen molar-refractivity contribution in [1.29, 1.82) is 0 Å². The quantitative estimate of drug-likeness (QED) is 0.166. The zero-order valence-corrected chi connectivity index (χ0v) is 14.9. The summed E-state index contributed by atoms with van der Waals surface area (Å²) in [5, 5.41) is 45.4. The molecule has 13 nitrogen and oxygen atoms in total. The zero-order chi connectivity index (χ0) is 21.3. The minimum absolute atomic E-state index is 0.508. The smallest absolute Gasteiger partial charge is 0.326 e. The third-order valence-electron chi connectivity index (χ3n) is 4.00. The van der Waals surface area contributed by atoms with Gasteiger partial charge < -0.3 is 41.7 Å². The van der Waals surface area contributed by atoms with Crippen LogP contribution in [0.4, 0.5) is 0 Å². The van der Waals surface area contributed by atoms with Gasteiger partial charge in [-0.25, -0.2) is 4.79 Å². The van der Waals surface area contributed by atoms with Gasteiger partial charge in [-0.2, -0.15) is 0 Å². The van der Waals surface area contributed by atoms with Crippen LogP contribution < -0.4 is 21.3 Å². The fourth-order valence-electron chi connectivity index (χ4n) is 2.49. The van der Waals surface area contributed by atoms with Crippen LogP contribution in [0.5, 0.6) is 0 Å². The van der Waals surface area contributed by atoms with Crippen LogP contribution in [0.3, 0.4) is 0 Å². The normalized spacial score (nSPS) is 19.1. The van der Waals surface area contributed by atoms with E-state index in [4.69, 9.17) is 10.2 Å². The molecule has 4 unspecified atom stereocenters. The number of carboxylic acid groups (broad SMARTS) is 2. The van der Waals surface area contributed by atoms with Crippen molar-refractivity contribution in [2.24, 2.45) is 0 Å². The molecule has 4 atom stereocenters. The lowest BCUT2D eigenvalue weighted by Crippen LogP contribution is -2.59. The molecule has 0 saturated carbocycles. The summed E-state index contributed by atoms with van der Waals surface area (Å²) in [4.78, 5) is 57.9. The van der Waals surface area contributed by atoms with Gasteiger partial charge in [-0.15, -0.1) is 0 Å². The van der Waals surface area contributed by atoms with Crippen LogP contribution in [0.25, 0.3) is 0 Å². The molecule has 1 saturated heterocycles. The molecular weight excluding hydrogens is 380 g/mol. The van der Waals surface area contributed by atoms with Gasteiger partial charge in [0, 0.05) is 0 Å². The molecular formula is C15H24N4O9. The van der Waals surface area contributed by atoms with Crippen molar-refractivity contribution in [3.8, 4) is 0 Å². The third-order valence-corrected chi connectivity index (χ3v) is 4.00. The van der Waals surface area contributed by atoms with Gasteiger partial charge >= 0.3 is 11.9 Å². The number of aliphatic carboxylic acids is 2. The van der Waals surface area contributed by atoms with E-state index in [0.29, 0.717) is 13.0 Å². The Labute approximate surface area is 159 Å². The van der Waals surface area contributed by atoms with E-state index in [1.807, 2.05) is 5.32 Å². The Morgan fingerprint density at radius 3 is 1.86 bits per heavy atom. The third kappa shape index (κ3) is 7.09. The number of carboxylic acids is 2. The number of hydrogen-bond donors (Lipinski definition) is 8. The Morgan fingerprint density at radius 1 is 0.893 bits per heavy atom. The first-order chi connectivity index (χ1) is 13.2. The SMILES string of the molecule is O=C(O)CC(NC(=O)C(CO)NC(=O)C(CO)NC(=O)C1CCCN1)C(=O)O. The van der Waals surface area contributed by atoms with Gasteiger partial charge in [0.25, 0.3) is 0 Å². The van der Waals surface area contributed by atoms with Crippen LogP contribution in [0.15, 0.2) is 0 Å². The monoisotopic (exact) mass is 404 g/mol. The first-order valence-electron chi connectivity index (χ1n) is 8.50. The maximum Gasteiger partial charge on any atom is 0.326 e. The van der Waals surface area contributed by atoms with Crippen LogP contribution >= 0.6 is 0 Å². The van der Waals surface area contributed by atoms with Gasteiger partial charge in [0.05, 0.1) is 25.7 Å². The highest BCUT2D eigenvalue weighted by atomic mass is 16.4. The number of carbonyl (C=O) groups is 5. The number of amides is 3. The standard InChI is InChI=1S/C15H24N4O9/c20-5-9(13(25)17-8(15(27)28)4-11(22)23)19-14(26)10(6-21)18-12(24)7-2-1-3-16-7/h7-10,16,20-21H,1-6H2,(H,17,25)(H,18,24)(H,19,26)(H,22,23)(H,27,28). The first kappa shape index (κ1) is 23.3. The second-order valence-corrected chi connectivity index (χ2v) is 6.13. The lowest BCUT2D eigenvalue weighted by Gasteiger charge is -2.23. The number of carbonyl (C=O) groups excluding carboxylic acids is 3. The van der Waals surface area contributed by atoms with E-state index in [1.165, 1.54) is 0 Å². The molecule has 8 N–H and O–H groups in total. The van der Waals surface area contributed by atoms with Crippen LogP contribution in [-0.2, 0) is 24.0 Å². The molecule has 0 aromatic rings. The van der Waals surface area contributed by atoms with Gasteiger partial charge in [-0.05, 0) is 19.4 Å². The number of aliphatic hydroxyl groups is 2. The highest BCUT2D eigenvalue weighted by molar-refractivity contribution is 5.94. The van der Waals surface area contributed by atoms with Crippen molar-refractivity contribution in [3.05, 3.63) is 0 Å². The molecule has 1 rings (SSSR count). The highest BCUT2D eigenvalue weighted by Crippen LogP contribution is 2.05. The van der Waals surface area contributed by atoms with Crippen molar-refractivity contribution >= 4 is 29.7 Å². The number of hydrogen-bond acceptors (Lipinski definition) is 8. The van der Waals surface area contributed by atoms with E-state index in [2.05, 4.69) is 16.0 Å². The van der Waals surface area contributed by atoms with Crippen LogP contribution in [0.1, 0.15) is 19.3 Å². The Bertz CT molecular complexity index is 606. The average molecular weight is 404 g/mol. The lowest BCUT2D eigenvalue weighted by molar-refractivity contribution is -0.147. The van der Waals surface area contributed by atoms with Crippen molar-refractivity contribution in [1.82, 2.24) is 21.3 Å². The predicted octanol–water partition coefficient (Wildman–Crippen LogP) is -4.26. The fourth-order valence-corrected chi connectivity index (χ4v) is 2.49. The number of nitrogens with one attached hydrogen (secondary N) is 4. The Morgan fingerprint density at radius 2 is 1.43 bits per heavy atom. The highest BCUT2D eigenvalue weighted by Gasteiger charge is 2.31. The first-order valence-corrected chi connectivity index (χ1v) is 8.50. The van der Waals surface area contributed by atoms with E-state index in [0.717, 1.165) is 6.42 Å². The number of rotatable bonds is 11. The largest absolute Gasteiger partial charge is 0.481 e. The Balaban J connectivity index is 2.67. The fraction of sp³-hybridized carbons (Fsp3) is 0.667.